The SMILES string of the molecule is CCC\C=C/C=C\C=C/C=C\C=C/CCCCCCCC(=O)OC(COC(=O)CCC/C=C\C/C=C\C/C=C\CCCCCCCC)COC(=O)CCCCCCCCCCCC/C=C\C=C/CCCCC. The molecule has 0 amide bonds. The van der Waals surface area contributed by atoms with Gasteiger partial charge in [0.25, 0.3) is 0 Å². The molecule has 1 atom stereocenters. The lowest BCUT2D eigenvalue weighted by Gasteiger charge is -2.18. The molecule has 0 saturated carbocycles. The van der Waals surface area contributed by atoms with Gasteiger partial charge in [-0.05, 0) is 96.3 Å². The average molecular weight is 998 g/mol. The monoisotopic (exact) mass is 997 g/mol. The number of allylic oxidation sites excluding steroid dienone is 20. The molecule has 0 aromatic carbocycles. The summed E-state index contributed by atoms with van der Waals surface area (Å²) in [6, 6.07) is 0. The molecule has 72 heavy (non-hydrogen) atoms. The third-order valence-corrected chi connectivity index (χ3v) is 12.3. The van der Waals surface area contributed by atoms with Gasteiger partial charge >= 0.3 is 17.9 Å². The van der Waals surface area contributed by atoms with Gasteiger partial charge in [-0.2, -0.15) is 0 Å². The first kappa shape index (κ1) is 67.8. The van der Waals surface area contributed by atoms with Crippen LogP contribution in [0.3, 0.4) is 0 Å². The van der Waals surface area contributed by atoms with E-state index < -0.39 is 6.10 Å². The Morgan fingerprint density at radius 2 is 0.597 bits per heavy atom. The van der Waals surface area contributed by atoms with Crippen molar-refractivity contribution in [2.75, 3.05) is 13.2 Å². The predicted octanol–water partition coefficient (Wildman–Crippen LogP) is 20.0. The zero-order valence-electron chi connectivity index (χ0n) is 46.7. The maximum atomic E-state index is 12.9. The predicted molar refractivity (Wildman–Crippen MR) is 311 cm³/mol. The van der Waals surface area contributed by atoms with Crippen LogP contribution in [0.4, 0.5) is 0 Å². The van der Waals surface area contributed by atoms with E-state index >= 15 is 0 Å². The van der Waals surface area contributed by atoms with E-state index in [1.807, 2.05) is 24.3 Å². The maximum absolute atomic E-state index is 12.9. The minimum absolute atomic E-state index is 0.109. The summed E-state index contributed by atoms with van der Waals surface area (Å²) in [7, 11) is 0. The lowest BCUT2D eigenvalue weighted by Crippen LogP contribution is -2.30. The Labute approximate surface area is 443 Å². The van der Waals surface area contributed by atoms with Crippen LogP contribution in [-0.2, 0) is 28.6 Å². The van der Waals surface area contributed by atoms with Crippen molar-refractivity contribution in [3.63, 3.8) is 0 Å². The first-order chi connectivity index (χ1) is 35.5. The van der Waals surface area contributed by atoms with E-state index in [4.69, 9.17) is 14.2 Å². The number of esters is 3. The zero-order chi connectivity index (χ0) is 52.2. The van der Waals surface area contributed by atoms with Gasteiger partial charge in [0.05, 0.1) is 0 Å². The topological polar surface area (TPSA) is 78.9 Å². The Morgan fingerprint density at radius 1 is 0.292 bits per heavy atom. The molecule has 0 radical (unpaired) electrons. The average Bonchev–Trinajstić information content (AvgIpc) is 3.38. The van der Waals surface area contributed by atoms with Crippen molar-refractivity contribution in [3.8, 4) is 0 Å². The smallest absolute Gasteiger partial charge is 0.306 e. The van der Waals surface area contributed by atoms with Crippen molar-refractivity contribution in [1.29, 1.82) is 0 Å². The lowest BCUT2D eigenvalue weighted by molar-refractivity contribution is -0.167. The molecule has 0 aliphatic carbocycles. The Hall–Kier alpha value is -4.19. The lowest BCUT2D eigenvalue weighted by atomic mass is 10.1. The van der Waals surface area contributed by atoms with Crippen LogP contribution >= 0.6 is 0 Å². The van der Waals surface area contributed by atoms with Crippen LogP contribution < -0.4 is 0 Å². The van der Waals surface area contributed by atoms with E-state index in [-0.39, 0.29) is 44.0 Å². The third-order valence-electron chi connectivity index (χ3n) is 12.3. The molecule has 1 unspecified atom stereocenters. The molecule has 0 rings (SSSR count). The largest absolute Gasteiger partial charge is 0.462 e. The van der Waals surface area contributed by atoms with E-state index in [2.05, 4.69) is 118 Å². The normalized spacial score (nSPS) is 13.0. The molecule has 0 aliphatic rings. The molecule has 0 fully saturated rings. The van der Waals surface area contributed by atoms with E-state index in [0.29, 0.717) is 12.8 Å². The highest BCUT2D eigenvalue weighted by molar-refractivity contribution is 5.71. The first-order valence-corrected chi connectivity index (χ1v) is 29.6. The van der Waals surface area contributed by atoms with Gasteiger partial charge in [0.1, 0.15) is 13.2 Å². The highest BCUT2D eigenvalue weighted by Crippen LogP contribution is 2.14. The van der Waals surface area contributed by atoms with Gasteiger partial charge in [0.2, 0.25) is 0 Å². The fraction of sp³-hybridized carbons (Fsp3) is 0.652. The summed E-state index contributed by atoms with van der Waals surface area (Å²) >= 11 is 0. The van der Waals surface area contributed by atoms with Crippen molar-refractivity contribution < 1.29 is 28.6 Å². The van der Waals surface area contributed by atoms with Crippen molar-refractivity contribution in [2.45, 2.75) is 264 Å². The van der Waals surface area contributed by atoms with Gasteiger partial charge in [-0.3, -0.25) is 14.4 Å². The van der Waals surface area contributed by atoms with Crippen LogP contribution in [0.15, 0.2) is 122 Å². The highest BCUT2D eigenvalue weighted by atomic mass is 16.6. The highest BCUT2D eigenvalue weighted by Gasteiger charge is 2.19. The van der Waals surface area contributed by atoms with Crippen LogP contribution in [0.2, 0.25) is 0 Å². The summed E-state index contributed by atoms with van der Waals surface area (Å²) in [5.74, 6) is -0.992. The Morgan fingerprint density at radius 3 is 1.06 bits per heavy atom. The van der Waals surface area contributed by atoms with Gasteiger partial charge in [0.15, 0.2) is 6.10 Å². The molecular formula is C66H108O6. The van der Waals surface area contributed by atoms with E-state index in [1.54, 1.807) is 0 Å². The van der Waals surface area contributed by atoms with Gasteiger partial charge < -0.3 is 14.2 Å². The van der Waals surface area contributed by atoms with Crippen LogP contribution in [0.5, 0.6) is 0 Å². The standard InChI is InChI=1S/C66H108O6/c1-4-7-10-13-16-19-22-25-28-31-33-36-38-41-44-47-50-53-56-59-65(68)71-62-63(61-70-64(67)58-55-52-49-46-43-40-37-34-30-27-24-21-18-15-12-9-6-3)72-66(69)60-57-54-51-48-45-42-39-35-32-29-26-23-20-17-14-11-8-5-2/h11,14,16-17,19-20,22-23,25-27,29-30,32,35,37,39-40,46,49,63H,4-10,12-13,15,18,21,24,28,31,33-34,36,38,41-45,47-48,50-62H2,1-3H3/b14-11-,19-16-,20-17-,25-22-,26-23-,30-27-,32-29-,39-35-,40-37-,49-46-. The summed E-state index contributed by atoms with van der Waals surface area (Å²) in [6.07, 6.45) is 81.8. The second-order valence-electron chi connectivity index (χ2n) is 19.3. The molecule has 408 valence electrons. The van der Waals surface area contributed by atoms with Crippen molar-refractivity contribution in [2.24, 2.45) is 0 Å². The van der Waals surface area contributed by atoms with Crippen LogP contribution in [0.1, 0.15) is 258 Å². The van der Waals surface area contributed by atoms with Gasteiger partial charge in [0, 0.05) is 19.3 Å². The number of ether oxygens (including phenoxy) is 3. The number of carbonyl (C=O) groups is 3. The second-order valence-corrected chi connectivity index (χ2v) is 19.3. The Balaban J connectivity index is 4.53. The van der Waals surface area contributed by atoms with Crippen LogP contribution in [0, 0.1) is 0 Å². The molecule has 0 heterocycles. The first-order valence-electron chi connectivity index (χ1n) is 29.6. The summed E-state index contributed by atoms with van der Waals surface area (Å²) in [5, 5.41) is 0. The molecule has 6 nitrogen and oxygen atoms in total. The number of carbonyl (C=O) groups excluding carboxylic acids is 3. The molecule has 0 N–H and O–H groups in total. The number of hydrogen-bond donors (Lipinski definition) is 0. The summed E-state index contributed by atoms with van der Waals surface area (Å²) in [6.45, 7) is 6.45. The van der Waals surface area contributed by atoms with Gasteiger partial charge in [-0.25, -0.2) is 0 Å². The summed E-state index contributed by atoms with van der Waals surface area (Å²) < 4.78 is 16.8. The van der Waals surface area contributed by atoms with E-state index in [9.17, 15) is 14.4 Å². The van der Waals surface area contributed by atoms with Crippen molar-refractivity contribution in [1.82, 2.24) is 0 Å². The molecule has 0 saturated heterocycles. The second kappa shape index (κ2) is 59.4. The summed E-state index contributed by atoms with van der Waals surface area (Å²) in [4.78, 5) is 38.2. The number of hydrogen-bond acceptors (Lipinski definition) is 6. The van der Waals surface area contributed by atoms with Crippen LogP contribution in [0.25, 0.3) is 0 Å². The van der Waals surface area contributed by atoms with Crippen LogP contribution in [-0.4, -0.2) is 37.2 Å². The van der Waals surface area contributed by atoms with E-state index in [1.165, 1.54) is 128 Å². The number of unbranched alkanes of at least 4 members (excludes halogenated alkanes) is 26. The molecule has 0 aliphatic heterocycles. The van der Waals surface area contributed by atoms with Gasteiger partial charge in [-0.15, -0.1) is 0 Å². The minimum Gasteiger partial charge on any atom is -0.462 e. The molecule has 0 aromatic rings. The van der Waals surface area contributed by atoms with Crippen molar-refractivity contribution in [3.05, 3.63) is 122 Å². The summed E-state index contributed by atoms with van der Waals surface area (Å²) in [5.41, 5.74) is 0. The quantitative estimate of drug-likeness (QED) is 0.0199. The zero-order valence-corrected chi connectivity index (χ0v) is 46.7. The fourth-order valence-corrected chi connectivity index (χ4v) is 7.83. The molecule has 6 heteroatoms. The molecular weight excluding hydrogens is 889 g/mol. The maximum Gasteiger partial charge on any atom is 0.306 e. The molecule has 0 bridgehead atoms. The molecule has 0 spiro atoms. The fourth-order valence-electron chi connectivity index (χ4n) is 7.83. The molecule has 0 aromatic heterocycles. The van der Waals surface area contributed by atoms with E-state index in [0.717, 1.165) is 83.5 Å². The number of rotatable bonds is 52. The Kier molecular flexibility index (Phi) is 55.9. The van der Waals surface area contributed by atoms with Gasteiger partial charge in [-0.1, -0.05) is 264 Å². The third kappa shape index (κ3) is 56.7. The minimum atomic E-state index is -0.818. The Bertz CT molecular complexity index is 1520. The van der Waals surface area contributed by atoms with Crippen molar-refractivity contribution >= 4 is 17.9 Å².